The van der Waals surface area contributed by atoms with Crippen LogP contribution in [-0.2, 0) is 22.4 Å². The lowest BCUT2D eigenvalue weighted by Crippen LogP contribution is -2.08. The summed E-state index contributed by atoms with van der Waals surface area (Å²) >= 11 is 6.22. The van der Waals surface area contributed by atoms with E-state index in [2.05, 4.69) is 15.3 Å². The maximum Gasteiger partial charge on any atom is 0.303 e. The molecule has 6 nitrogen and oxygen atoms in total. The van der Waals surface area contributed by atoms with Gasteiger partial charge in [-0.25, -0.2) is 9.97 Å². The van der Waals surface area contributed by atoms with Crippen LogP contribution in [0, 0.1) is 0 Å². The number of nitrogens with zero attached hydrogens (tertiary/aromatic N) is 2. The molecule has 1 saturated heterocycles. The fourth-order valence-electron chi connectivity index (χ4n) is 2.94. The van der Waals surface area contributed by atoms with Gasteiger partial charge in [0.05, 0.1) is 23.0 Å². The molecule has 2 heterocycles. The van der Waals surface area contributed by atoms with Crippen LogP contribution in [0.4, 0.5) is 11.6 Å². The Morgan fingerprint density at radius 3 is 2.81 bits per heavy atom. The smallest absolute Gasteiger partial charge is 0.303 e. The van der Waals surface area contributed by atoms with Crippen LogP contribution >= 0.6 is 11.6 Å². The number of carbonyl (C=O) groups is 1. The number of aryl methyl sites for hydroxylation is 2. The van der Waals surface area contributed by atoms with Crippen molar-refractivity contribution in [3.63, 3.8) is 0 Å². The minimum absolute atomic E-state index is 0.126. The number of aromatic nitrogens is 2. The molecule has 1 aliphatic heterocycles. The molecule has 0 saturated carbocycles. The highest BCUT2D eigenvalue weighted by atomic mass is 35.5. The molecule has 1 aromatic carbocycles. The Kier molecular flexibility index (Phi) is 6.41. The van der Waals surface area contributed by atoms with Crippen molar-refractivity contribution in [2.45, 2.75) is 44.6 Å². The lowest BCUT2D eigenvalue weighted by atomic mass is 10.1. The van der Waals surface area contributed by atoms with Crippen molar-refractivity contribution in [2.75, 3.05) is 11.9 Å². The number of anilines is 2. The van der Waals surface area contributed by atoms with Crippen molar-refractivity contribution in [1.29, 1.82) is 0 Å². The Hall–Kier alpha value is -2.18. The highest BCUT2D eigenvalue weighted by Gasteiger charge is 2.16. The molecule has 1 fully saturated rings. The molecule has 0 amide bonds. The Bertz CT molecular complexity index is 746. The summed E-state index contributed by atoms with van der Waals surface area (Å²) < 4.78 is 5.65. The standard InChI is InChI=1S/C19H22ClN3O3/c20-16-12-21-19(23-17(16)9-8-15-2-1-11-26-15)22-14-6-3-13(4-7-14)5-10-18(24)25/h3-4,6-7,12,15H,1-2,5,8-11H2,(H,24,25)(H,21,22,23)/t15-/m1/s1. The van der Waals surface area contributed by atoms with Gasteiger partial charge in [-0.2, -0.15) is 0 Å². The Balaban J connectivity index is 1.60. The first-order chi connectivity index (χ1) is 12.6. The number of hydrogen-bond acceptors (Lipinski definition) is 5. The molecule has 0 unspecified atom stereocenters. The van der Waals surface area contributed by atoms with Gasteiger partial charge >= 0.3 is 5.97 Å². The van der Waals surface area contributed by atoms with E-state index >= 15 is 0 Å². The Morgan fingerprint density at radius 1 is 1.31 bits per heavy atom. The first-order valence-electron chi connectivity index (χ1n) is 8.81. The van der Waals surface area contributed by atoms with Crippen LogP contribution in [0.3, 0.4) is 0 Å². The van der Waals surface area contributed by atoms with Crippen molar-refractivity contribution in [1.82, 2.24) is 9.97 Å². The predicted molar refractivity (Wildman–Crippen MR) is 100 cm³/mol. The summed E-state index contributed by atoms with van der Waals surface area (Å²) in [6, 6.07) is 7.58. The van der Waals surface area contributed by atoms with Gasteiger partial charge < -0.3 is 15.2 Å². The summed E-state index contributed by atoms with van der Waals surface area (Å²) in [5, 5.41) is 12.5. The molecule has 138 valence electrons. The van der Waals surface area contributed by atoms with Gasteiger partial charge in [-0.15, -0.1) is 0 Å². The number of aliphatic carboxylic acids is 1. The molecule has 3 rings (SSSR count). The second kappa shape index (κ2) is 8.96. The van der Waals surface area contributed by atoms with Gasteiger partial charge in [-0.05, 0) is 49.8 Å². The molecular formula is C19H22ClN3O3. The van der Waals surface area contributed by atoms with E-state index in [-0.39, 0.29) is 6.42 Å². The largest absolute Gasteiger partial charge is 0.481 e. The van der Waals surface area contributed by atoms with Crippen LogP contribution in [0.5, 0.6) is 0 Å². The lowest BCUT2D eigenvalue weighted by Gasteiger charge is -2.11. The van der Waals surface area contributed by atoms with Gasteiger partial charge in [0, 0.05) is 18.7 Å². The van der Waals surface area contributed by atoms with Crippen molar-refractivity contribution in [3.8, 4) is 0 Å². The number of ether oxygens (including phenoxy) is 1. The van der Waals surface area contributed by atoms with Crippen molar-refractivity contribution in [3.05, 3.63) is 46.7 Å². The van der Waals surface area contributed by atoms with E-state index in [0.717, 1.165) is 49.2 Å². The van der Waals surface area contributed by atoms with Gasteiger partial charge in [0.15, 0.2) is 0 Å². The van der Waals surface area contributed by atoms with E-state index in [9.17, 15) is 4.79 Å². The Labute approximate surface area is 157 Å². The van der Waals surface area contributed by atoms with Crippen molar-refractivity contribution < 1.29 is 14.6 Å². The monoisotopic (exact) mass is 375 g/mol. The number of nitrogens with one attached hydrogen (secondary N) is 1. The average molecular weight is 376 g/mol. The topological polar surface area (TPSA) is 84.3 Å². The minimum atomic E-state index is -0.794. The summed E-state index contributed by atoms with van der Waals surface area (Å²) in [5.74, 6) is -0.299. The molecule has 2 N–H and O–H groups in total. The molecule has 2 aromatic rings. The van der Waals surface area contributed by atoms with E-state index in [1.807, 2.05) is 24.3 Å². The van der Waals surface area contributed by atoms with E-state index in [0.29, 0.717) is 23.5 Å². The molecule has 0 radical (unpaired) electrons. The third-order valence-corrected chi connectivity index (χ3v) is 4.70. The maximum absolute atomic E-state index is 10.6. The molecule has 1 aliphatic rings. The molecular weight excluding hydrogens is 354 g/mol. The average Bonchev–Trinajstić information content (AvgIpc) is 3.15. The normalized spacial score (nSPS) is 16.6. The zero-order valence-corrected chi connectivity index (χ0v) is 15.2. The van der Waals surface area contributed by atoms with Crippen LogP contribution in [0.1, 0.15) is 36.9 Å². The summed E-state index contributed by atoms with van der Waals surface area (Å²) in [4.78, 5) is 19.4. The summed E-state index contributed by atoms with van der Waals surface area (Å²) in [6.07, 6.45) is 6.45. The van der Waals surface area contributed by atoms with E-state index < -0.39 is 5.97 Å². The molecule has 0 bridgehead atoms. The molecule has 1 atom stereocenters. The van der Waals surface area contributed by atoms with Gasteiger partial charge in [0.25, 0.3) is 0 Å². The van der Waals surface area contributed by atoms with Crippen LogP contribution in [0.15, 0.2) is 30.5 Å². The van der Waals surface area contributed by atoms with E-state index in [1.165, 1.54) is 0 Å². The number of carboxylic acid groups (broad SMARTS) is 1. The zero-order chi connectivity index (χ0) is 18.4. The molecule has 0 spiro atoms. The minimum Gasteiger partial charge on any atom is -0.481 e. The maximum atomic E-state index is 10.6. The molecule has 7 heteroatoms. The fraction of sp³-hybridized carbons (Fsp3) is 0.421. The predicted octanol–water partition coefficient (Wildman–Crippen LogP) is 4.00. The highest BCUT2D eigenvalue weighted by Crippen LogP contribution is 2.22. The first-order valence-corrected chi connectivity index (χ1v) is 9.19. The second-order valence-electron chi connectivity index (χ2n) is 6.38. The molecule has 0 aliphatic carbocycles. The highest BCUT2D eigenvalue weighted by molar-refractivity contribution is 6.31. The van der Waals surface area contributed by atoms with Crippen LogP contribution in [0.25, 0.3) is 0 Å². The van der Waals surface area contributed by atoms with Gasteiger partial charge in [-0.3, -0.25) is 4.79 Å². The van der Waals surface area contributed by atoms with Crippen LogP contribution in [-0.4, -0.2) is 33.8 Å². The third-order valence-electron chi connectivity index (χ3n) is 4.38. The molecule has 1 aromatic heterocycles. The van der Waals surface area contributed by atoms with Crippen LogP contribution < -0.4 is 5.32 Å². The summed E-state index contributed by atoms with van der Waals surface area (Å²) in [7, 11) is 0. The summed E-state index contributed by atoms with van der Waals surface area (Å²) in [6.45, 7) is 0.845. The quantitative estimate of drug-likeness (QED) is 0.725. The second-order valence-corrected chi connectivity index (χ2v) is 6.78. The fourth-order valence-corrected chi connectivity index (χ4v) is 3.13. The number of benzene rings is 1. The first kappa shape index (κ1) is 18.6. The van der Waals surface area contributed by atoms with Crippen molar-refractivity contribution in [2.24, 2.45) is 0 Å². The lowest BCUT2D eigenvalue weighted by molar-refractivity contribution is -0.136. The number of rotatable bonds is 8. The van der Waals surface area contributed by atoms with Crippen LogP contribution in [0.2, 0.25) is 5.02 Å². The number of halogens is 1. The zero-order valence-electron chi connectivity index (χ0n) is 14.4. The molecule has 26 heavy (non-hydrogen) atoms. The van der Waals surface area contributed by atoms with E-state index in [4.69, 9.17) is 21.4 Å². The van der Waals surface area contributed by atoms with Gasteiger partial charge in [0.2, 0.25) is 5.95 Å². The SMILES string of the molecule is O=C(O)CCc1ccc(Nc2ncc(Cl)c(CC[C@H]3CCCO3)n2)cc1. The van der Waals surface area contributed by atoms with Crippen molar-refractivity contribution >= 4 is 29.2 Å². The number of carboxylic acids is 1. The summed E-state index contributed by atoms with van der Waals surface area (Å²) in [5.41, 5.74) is 2.64. The number of hydrogen-bond donors (Lipinski definition) is 2. The van der Waals surface area contributed by atoms with Gasteiger partial charge in [0.1, 0.15) is 0 Å². The van der Waals surface area contributed by atoms with E-state index in [1.54, 1.807) is 6.20 Å². The van der Waals surface area contributed by atoms with Gasteiger partial charge in [-0.1, -0.05) is 23.7 Å². The Morgan fingerprint density at radius 2 is 2.12 bits per heavy atom. The third kappa shape index (κ3) is 5.41.